The van der Waals surface area contributed by atoms with E-state index in [1.54, 1.807) is 25.1 Å². The van der Waals surface area contributed by atoms with Crippen molar-refractivity contribution in [3.63, 3.8) is 0 Å². The molecular weight excluding hydrogens is 350 g/mol. The van der Waals surface area contributed by atoms with Gasteiger partial charge in [0.05, 0.1) is 0 Å². The van der Waals surface area contributed by atoms with Crippen molar-refractivity contribution in [3.8, 4) is 5.75 Å². The topological polar surface area (TPSA) is 117 Å². The largest absolute Gasteiger partial charge is 0.486 e. The smallest absolute Gasteiger partial charge is 0.374 e. The molecule has 0 aliphatic rings. The predicted octanol–water partition coefficient (Wildman–Crippen LogP) is 2.05. The molecule has 3 aromatic rings. The van der Waals surface area contributed by atoms with Crippen LogP contribution in [0.1, 0.15) is 22.1 Å². The second-order valence-corrected chi connectivity index (χ2v) is 5.75. The van der Waals surface area contributed by atoms with E-state index in [2.05, 4.69) is 15.0 Å². The first-order valence-corrected chi connectivity index (χ1v) is 8.12. The molecule has 3 rings (SSSR count). The van der Waals surface area contributed by atoms with Crippen LogP contribution < -0.4 is 15.4 Å². The Hall–Kier alpha value is -3.62. The molecule has 0 aliphatic heterocycles. The maximum atomic E-state index is 12.1. The summed E-state index contributed by atoms with van der Waals surface area (Å²) in [6, 6.07) is 12.5. The number of aromatic nitrogens is 3. The van der Waals surface area contributed by atoms with Crippen LogP contribution in [0.3, 0.4) is 0 Å². The first kappa shape index (κ1) is 18.2. The van der Waals surface area contributed by atoms with E-state index in [1.807, 2.05) is 30.3 Å². The fraction of sp³-hybridized carbons (Fsp3) is 0.222. The van der Waals surface area contributed by atoms with Crippen molar-refractivity contribution in [1.29, 1.82) is 0 Å². The highest BCUT2D eigenvalue weighted by molar-refractivity contribution is 5.86. The molecular formula is C18H19N5O4. The molecule has 0 amide bonds. The van der Waals surface area contributed by atoms with Gasteiger partial charge in [0.1, 0.15) is 18.1 Å². The van der Waals surface area contributed by atoms with Crippen LogP contribution in [-0.2, 0) is 18.0 Å². The van der Waals surface area contributed by atoms with Crippen LogP contribution >= 0.6 is 0 Å². The van der Waals surface area contributed by atoms with E-state index in [1.165, 1.54) is 6.07 Å². The number of benzene rings is 1. The van der Waals surface area contributed by atoms with Crippen molar-refractivity contribution in [3.05, 3.63) is 59.8 Å². The molecule has 9 nitrogen and oxygen atoms in total. The number of hydrogen-bond donors (Lipinski definition) is 1. The van der Waals surface area contributed by atoms with Gasteiger partial charge in [-0.1, -0.05) is 18.2 Å². The summed E-state index contributed by atoms with van der Waals surface area (Å²) in [7, 11) is 3.54. The fourth-order valence-corrected chi connectivity index (χ4v) is 2.13. The first-order chi connectivity index (χ1) is 13.0. The van der Waals surface area contributed by atoms with Gasteiger partial charge in [-0.2, -0.15) is 15.0 Å². The Kier molecular flexibility index (Phi) is 5.50. The normalized spacial score (nSPS) is 10.4. The highest BCUT2D eigenvalue weighted by Crippen LogP contribution is 2.15. The summed E-state index contributed by atoms with van der Waals surface area (Å²) in [5, 5.41) is 0. The summed E-state index contributed by atoms with van der Waals surface area (Å²) in [4.78, 5) is 25.9. The number of carbonyl (C=O) groups is 1. The minimum atomic E-state index is -0.633. The van der Waals surface area contributed by atoms with Crippen LogP contribution in [0.2, 0.25) is 0 Å². The summed E-state index contributed by atoms with van der Waals surface area (Å²) < 4.78 is 16.2. The molecule has 140 valence electrons. The highest BCUT2D eigenvalue weighted by Gasteiger charge is 2.15. The maximum Gasteiger partial charge on any atom is 0.374 e. The lowest BCUT2D eigenvalue weighted by molar-refractivity contribution is 0.0421. The van der Waals surface area contributed by atoms with Gasteiger partial charge in [0.15, 0.2) is 12.4 Å². The minimum absolute atomic E-state index is 0.0538. The molecule has 0 fully saturated rings. The third kappa shape index (κ3) is 4.94. The number of nitrogens with zero attached hydrogens (tertiary/aromatic N) is 4. The van der Waals surface area contributed by atoms with E-state index >= 15 is 0 Å². The predicted molar refractivity (Wildman–Crippen MR) is 97.2 cm³/mol. The standard InChI is InChI=1S/C18H19N5O4/c1-23(2)18-21-15(20-17(19)22-18)11-26-16(24)14-9-8-13(27-14)10-25-12-6-4-3-5-7-12/h3-9H,10-11H2,1-2H3,(H2,19,20,21,22). The molecule has 0 radical (unpaired) electrons. The second kappa shape index (κ2) is 8.17. The fourth-order valence-electron chi connectivity index (χ4n) is 2.13. The lowest BCUT2D eigenvalue weighted by Gasteiger charge is -2.11. The van der Waals surface area contributed by atoms with E-state index in [0.29, 0.717) is 17.5 Å². The van der Waals surface area contributed by atoms with Crippen LogP contribution in [-0.4, -0.2) is 35.0 Å². The van der Waals surface area contributed by atoms with E-state index in [0.717, 1.165) is 0 Å². The number of furan rings is 1. The molecule has 0 unspecified atom stereocenters. The Morgan fingerprint density at radius 3 is 2.59 bits per heavy atom. The van der Waals surface area contributed by atoms with E-state index in [4.69, 9.17) is 19.6 Å². The SMILES string of the molecule is CN(C)c1nc(N)nc(COC(=O)c2ccc(COc3ccccc3)o2)n1. The van der Waals surface area contributed by atoms with Crippen LogP contribution in [0.5, 0.6) is 5.75 Å². The molecule has 2 heterocycles. The average Bonchev–Trinajstić information content (AvgIpc) is 3.14. The number of ether oxygens (including phenoxy) is 2. The van der Waals surface area contributed by atoms with Crippen LogP contribution in [0, 0.1) is 0 Å². The van der Waals surface area contributed by atoms with Gasteiger partial charge in [0.2, 0.25) is 17.7 Å². The number of hydrogen-bond acceptors (Lipinski definition) is 9. The van der Waals surface area contributed by atoms with Crippen LogP contribution in [0.25, 0.3) is 0 Å². The van der Waals surface area contributed by atoms with E-state index in [9.17, 15) is 4.79 Å². The van der Waals surface area contributed by atoms with Gasteiger partial charge in [0.25, 0.3) is 0 Å². The molecule has 0 aliphatic carbocycles. The molecule has 2 N–H and O–H groups in total. The zero-order chi connectivity index (χ0) is 19.2. The number of para-hydroxylation sites is 1. The number of nitrogens with two attached hydrogens (primary N) is 1. The summed E-state index contributed by atoms with van der Waals surface area (Å²) in [6.07, 6.45) is 0. The van der Waals surface area contributed by atoms with Crippen molar-refractivity contribution in [1.82, 2.24) is 15.0 Å². The van der Waals surface area contributed by atoms with Gasteiger partial charge in [0, 0.05) is 14.1 Å². The first-order valence-electron chi connectivity index (χ1n) is 8.12. The van der Waals surface area contributed by atoms with Crippen molar-refractivity contribution < 1.29 is 18.7 Å². The Balaban J connectivity index is 1.56. The molecule has 0 spiro atoms. The average molecular weight is 369 g/mol. The Bertz CT molecular complexity index is 911. The summed E-state index contributed by atoms with van der Waals surface area (Å²) in [6.45, 7) is 0.0520. The Morgan fingerprint density at radius 2 is 1.85 bits per heavy atom. The maximum absolute atomic E-state index is 12.1. The zero-order valence-corrected chi connectivity index (χ0v) is 15.0. The quantitative estimate of drug-likeness (QED) is 0.624. The molecule has 9 heteroatoms. The van der Waals surface area contributed by atoms with Crippen LogP contribution in [0.15, 0.2) is 46.9 Å². The Labute approximate surface area is 155 Å². The number of nitrogen functional groups attached to an aromatic ring is 1. The van der Waals surface area contributed by atoms with Crippen molar-refractivity contribution in [2.24, 2.45) is 0 Å². The van der Waals surface area contributed by atoms with Gasteiger partial charge in [-0.15, -0.1) is 0 Å². The van der Waals surface area contributed by atoms with Gasteiger partial charge in [-0.05, 0) is 24.3 Å². The Morgan fingerprint density at radius 1 is 1.07 bits per heavy atom. The van der Waals surface area contributed by atoms with Crippen LogP contribution in [0.4, 0.5) is 11.9 Å². The van der Waals surface area contributed by atoms with Gasteiger partial charge in [-0.3, -0.25) is 0 Å². The van der Waals surface area contributed by atoms with Gasteiger partial charge >= 0.3 is 5.97 Å². The molecule has 1 aromatic carbocycles. The molecule has 0 bridgehead atoms. The van der Waals surface area contributed by atoms with Crippen molar-refractivity contribution in [2.75, 3.05) is 24.7 Å². The third-order valence-electron chi connectivity index (χ3n) is 3.41. The highest BCUT2D eigenvalue weighted by atomic mass is 16.5. The number of anilines is 2. The molecule has 0 atom stereocenters. The summed E-state index contributed by atoms with van der Waals surface area (Å²) in [5.74, 6) is 1.33. The number of rotatable bonds is 7. The van der Waals surface area contributed by atoms with Gasteiger partial charge < -0.3 is 24.5 Å². The number of esters is 1. The lowest BCUT2D eigenvalue weighted by atomic mass is 10.3. The van der Waals surface area contributed by atoms with E-state index < -0.39 is 5.97 Å². The van der Waals surface area contributed by atoms with Gasteiger partial charge in [-0.25, -0.2) is 4.79 Å². The van der Waals surface area contributed by atoms with E-state index in [-0.39, 0.29) is 30.7 Å². The number of carbonyl (C=O) groups excluding carboxylic acids is 1. The molecule has 27 heavy (non-hydrogen) atoms. The molecule has 0 saturated carbocycles. The zero-order valence-electron chi connectivity index (χ0n) is 15.0. The molecule has 2 aromatic heterocycles. The third-order valence-corrected chi connectivity index (χ3v) is 3.41. The monoisotopic (exact) mass is 369 g/mol. The lowest BCUT2D eigenvalue weighted by Crippen LogP contribution is -2.17. The molecule has 0 saturated heterocycles. The summed E-state index contributed by atoms with van der Waals surface area (Å²) >= 11 is 0. The minimum Gasteiger partial charge on any atom is -0.486 e. The second-order valence-electron chi connectivity index (χ2n) is 5.75. The van der Waals surface area contributed by atoms with Crippen molar-refractivity contribution in [2.45, 2.75) is 13.2 Å². The summed E-state index contributed by atoms with van der Waals surface area (Å²) in [5.41, 5.74) is 5.64. The van der Waals surface area contributed by atoms with Crippen molar-refractivity contribution >= 4 is 17.9 Å².